The van der Waals surface area contributed by atoms with Crippen LogP contribution in [0.3, 0.4) is 0 Å². The van der Waals surface area contributed by atoms with Crippen molar-refractivity contribution < 1.29 is 5.11 Å². The van der Waals surface area contributed by atoms with Crippen LogP contribution in [0, 0.1) is 11.8 Å². The van der Waals surface area contributed by atoms with Gasteiger partial charge >= 0.3 is 0 Å². The lowest BCUT2D eigenvalue weighted by atomic mass is 10.1. The summed E-state index contributed by atoms with van der Waals surface area (Å²) in [4.78, 5) is 10.9. The maximum Gasteiger partial charge on any atom is 0.222 e. The summed E-state index contributed by atoms with van der Waals surface area (Å²) in [6.07, 6.45) is 3.21. The predicted molar refractivity (Wildman–Crippen MR) is 73.3 cm³/mol. The fourth-order valence-electron chi connectivity index (χ4n) is 2.27. The van der Waals surface area contributed by atoms with Gasteiger partial charge in [0.1, 0.15) is 0 Å². The summed E-state index contributed by atoms with van der Waals surface area (Å²) >= 11 is 0. The van der Waals surface area contributed by atoms with Crippen LogP contribution in [0.2, 0.25) is 0 Å². The molecule has 1 aromatic carbocycles. The van der Waals surface area contributed by atoms with Crippen molar-refractivity contribution in [3.63, 3.8) is 0 Å². The SMILES string of the molecule is CCCCCn1c(O)c(N=O)c2cc(C)ccc21. The van der Waals surface area contributed by atoms with Gasteiger partial charge in [0.2, 0.25) is 5.88 Å². The van der Waals surface area contributed by atoms with E-state index in [2.05, 4.69) is 12.1 Å². The summed E-state index contributed by atoms with van der Waals surface area (Å²) < 4.78 is 1.78. The molecule has 4 nitrogen and oxygen atoms in total. The number of fused-ring (bicyclic) bond motifs is 1. The Hall–Kier alpha value is -1.84. The highest BCUT2D eigenvalue weighted by Gasteiger charge is 2.16. The Labute approximate surface area is 106 Å². The minimum absolute atomic E-state index is 0.0123. The first-order valence-electron chi connectivity index (χ1n) is 6.34. The number of rotatable bonds is 5. The average Bonchev–Trinajstić information content (AvgIpc) is 2.61. The fraction of sp³-hybridized carbons (Fsp3) is 0.429. The number of aryl methyl sites for hydroxylation is 2. The second-order valence-electron chi connectivity index (χ2n) is 4.64. The average molecular weight is 246 g/mol. The molecule has 0 aliphatic carbocycles. The molecule has 0 aliphatic heterocycles. The largest absolute Gasteiger partial charge is 0.493 e. The van der Waals surface area contributed by atoms with Crippen molar-refractivity contribution in [2.75, 3.05) is 0 Å². The van der Waals surface area contributed by atoms with Gasteiger partial charge in [-0.25, -0.2) is 0 Å². The highest BCUT2D eigenvalue weighted by Crippen LogP contribution is 2.39. The standard InChI is InChI=1S/C14H18N2O2/c1-3-4-5-8-16-12-7-6-10(2)9-11(12)13(15-18)14(16)17/h6-7,9,17H,3-5,8H2,1-2H3. The van der Waals surface area contributed by atoms with E-state index >= 15 is 0 Å². The van der Waals surface area contributed by atoms with Crippen LogP contribution in [0.5, 0.6) is 5.88 Å². The summed E-state index contributed by atoms with van der Waals surface area (Å²) in [5, 5.41) is 13.8. The number of hydrogen-bond donors (Lipinski definition) is 1. The van der Waals surface area contributed by atoms with Crippen LogP contribution >= 0.6 is 0 Å². The van der Waals surface area contributed by atoms with Crippen LogP contribution in [-0.2, 0) is 6.54 Å². The molecule has 1 N–H and O–H groups in total. The van der Waals surface area contributed by atoms with E-state index in [1.165, 1.54) is 0 Å². The van der Waals surface area contributed by atoms with Crippen LogP contribution in [0.15, 0.2) is 23.4 Å². The third kappa shape index (κ3) is 2.10. The number of aromatic hydroxyl groups is 1. The number of nitroso groups, excluding NO2 is 1. The van der Waals surface area contributed by atoms with Gasteiger partial charge in [-0.3, -0.25) is 0 Å². The molecule has 18 heavy (non-hydrogen) atoms. The summed E-state index contributed by atoms with van der Waals surface area (Å²) in [5.74, 6) is -0.0123. The third-order valence-electron chi connectivity index (χ3n) is 3.24. The minimum Gasteiger partial charge on any atom is -0.493 e. The Morgan fingerprint density at radius 3 is 2.78 bits per heavy atom. The molecule has 0 spiro atoms. The molecule has 0 radical (unpaired) electrons. The summed E-state index contributed by atoms with van der Waals surface area (Å²) in [7, 11) is 0. The highest BCUT2D eigenvalue weighted by atomic mass is 16.3. The van der Waals surface area contributed by atoms with Gasteiger partial charge in [0.05, 0.1) is 5.52 Å². The Kier molecular flexibility index (Phi) is 3.65. The second kappa shape index (κ2) is 5.21. The Balaban J connectivity index is 2.51. The first kappa shape index (κ1) is 12.6. The zero-order valence-electron chi connectivity index (χ0n) is 10.8. The van der Waals surface area contributed by atoms with Gasteiger partial charge < -0.3 is 9.67 Å². The first-order valence-corrected chi connectivity index (χ1v) is 6.34. The normalized spacial score (nSPS) is 11.0. The summed E-state index contributed by atoms with van der Waals surface area (Å²) in [6.45, 7) is 4.81. The summed E-state index contributed by atoms with van der Waals surface area (Å²) in [6, 6.07) is 5.81. The monoisotopic (exact) mass is 246 g/mol. The van der Waals surface area contributed by atoms with Crippen molar-refractivity contribution in [2.24, 2.45) is 5.18 Å². The van der Waals surface area contributed by atoms with Gasteiger partial charge in [0, 0.05) is 11.9 Å². The topological polar surface area (TPSA) is 54.6 Å². The van der Waals surface area contributed by atoms with E-state index in [0.717, 1.165) is 42.3 Å². The zero-order chi connectivity index (χ0) is 13.1. The van der Waals surface area contributed by atoms with Gasteiger partial charge in [-0.2, -0.15) is 0 Å². The predicted octanol–water partition coefficient (Wildman–Crippen LogP) is 4.24. The number of benzene rings is 1. The molecule has 0 saturated carbocycles. The van der Waals surface area contributed by atoms with Crippen LogP contribution < -0.4 is 0 Å². The van der Waals surface area contributed by atoms with E-state index in [9.17, 15) is 10.0 Å². The molecule has 4 heteroatoms. The lowest BCUT2D eigenvalue weighted by Crippen LogP contribution is -1.96. The van der Waals surface area contributed by atoms with Crippen LogP contribution in [-0.4, -0.2) is 9.67 Å². The van der Waals surface area contributed by atoms with Crippen molar-refractivity contribution in [1.29, 1.82) is 0 Å². The molecule has 0 saturated heterocycles. The molecule has 0 fully saturated rings. The molecule has 2 rings (SSSR count). The van der Waals surface area contributed by atoms with E-state index < -0.39 is 0 Å². The molecule has 0 bridgehead atoms. The molecule has 0 aliphatic rings. The molecular weight excluding hydrogens is 228 g/mol. The Morgan fingerprint density at radius 1 is 1.33 bits per heavy atom. The second-order valence-corrected chi connectivity index (χ2v) is 4.64. The molecule has 1 heterocycles. The first-order chi connectivity index (χ1) is 8.69. The smallest absolute Gasteiger partial charge is 0.222 e. The molecule has 96 valence electrons. The van der Waals surface area contributed by atoms with Gasteiger partial charge in [0.25, 0.3) is 0 Å². The minimum atomic E-state index is -0.0123. The van der Waals surface area contributed by atoms with Crippen molar-refractivity contribution in [2.45, 2.75) is 39.7 Å². The van der Waals surface area contributed by atoms with Gasteiger partial charge in [-0.05, 0) is 30.7 Å². The summed E-state index contributed by atoms with van der Waals surface area (Å²) in [5.41, 5.74) is 2.09. The highest BCUT2D eigenvalue weighted by molar-refractivity contribution is 5.95. The van der Waals surface area contributed by atoms with Crippen molar-refractivity contribution in [1.82, 2.24) is 4.57 Å². The van der Waals surface area contributed by atoms with E-state index in [1.54, 1.807) is 4.57 Å². The van der Waals surface area contributed by atoms with Gasteiger partial charge in [0.15, 0.2) is 5.69 Å². The van der Waals surface area contributed by atoms with E-state index in [0.29, 0.717) is 0 Å². The molecule has 0 unspecified atom stereocenters. The fourth-order valence-corrected chi connectivity index (χ4v) is 2.27. The van der Waals surface area contributed by atoms with Crippen LogP contribution in [0.1, 0.15) is 31.7 Å². The van der Waals surface area contributed by atoms with E-state index in [-0.39, 0.29) is 11.6 Å². The lowest BCUT2D eigenvalue weighted by molar-refractivity contribution is 0.417. The van der Waals surface area contributed by atoms with Crippen LogP contribution in [0.25, 0.3) is 10.9 Å². The van der Waals surface area contributed by atoms with Gasteiger partial charge in [-0.15, -0.1) is 4.91 Å². The number of nitrogens with zero attached hydrogens (tertiary/aromatic N) is 2. The number of aromatic nitrogens is 1. The van der Waals surface area contributed by atoms with Gasteiger partial charge in [-0.1, -0.05) is 31.4 Å². The molecule has 1 aromatic heterocycles. The van der Waals surface area contributed by atoms with Crippen LogP contribution in [0.4, 0.5) is 5.69 Å². The van der Waals surface area contributed by atoms with Crippen molar-refractivity contribution in [3.05, 3.63) is 28.7 Å². The third-order valence-corrected chi connectivity index (χ3v) is 3.24. The zero-order valence-corrected chi connectivity index (χ0v) is 10.8. The maximum atomic E-state index is 10.9. The number of unbranched alkanes of at least 4 members (excludes halogenated alkanes) is 2. The molecular formula is C14H18N2O2. The van der Waals surface area contributed by atoms with Crippen molar-refractivity contribution >= 4 is 16.6 Å². The number of hydrogen-bond acceptors (Lipinski definition) is 3. The lowest BCUT2D eigenvalue weighted by Gasteiger charge is -2.06. The Morgan fingerprint density at radius 2 is 2.11 bits per heavy atom. The van der Waals surface area contributed by atoms with E-state index in [4.69, 9.17) is 0 Å². The Bertz CT molecular complexity index is 573. The molecule has 0 atom stereocenters. The van der Waals surface area contributed by atoms with E-state index in [1.807, 2.05) is 25.1 Å². The molecule has 0 amide bonds. The van der Waals surface area contributed by atoms with Crippen molar-refractivity contribution in [3.8, 4) is 5.88 Å². The maximum absolute atomic E-state index is 10.9. The quantitative estimate of drug-likeness (QED) is 0.633. The molecule has 2 aromatic rings.